The molecule has 1 amide bonds. The number of rotatable bonds is 18. The summed E-state index contributed by atoms with van der Waals surface area (Å²) in [4.78, 5) is 22.2. The molecule has 6 aromatic rings. The summed E-state index contributed by atoms with van der Waals surface area (Å²) in [5.74, 6) is 7.12. The van der Waals surface area contributed by atoms with E-state index in [1.54, 1.807) is 58.9 Å². The van der Waals surface area contributed by atoms with Crippen LogP contribution in [0.15, 0.2) is 78.0 Å². The highest BCUT2D eigenvalue weighted by Gasteiger charge is 2.30. The highest BCUT2D eigenvalue weighted by atomic mass is 35.5. The van der Waals surface area contributed by atoms with Crippen molar-refractivity contribution in [2.24, 2.45) is 0 Å². The van der Waals surface area contributed by atoms with Crippen molar-refractivity contribution in [3.05, 3.63) is 94.6 Å². The number of carbonyl (C=O) groups excluding carboxylic acids is 1. The molecule has 3 aromatic carbocycles. The van der Waals surface area contributed by atoms with Crippen LogP contribution in [-0.2, 0) is 17.8 Å². The first kappa shape index (κ1) is 43.5. The van der Waals surface area contributed by atoms with Crippen LogP contribution in [0.4, 0.5) is 30.4 Å². The summed E-state index contributed by atoms with van der Waals surface area (Å²) in [7, 11) is 0. The van der Waals surface area contributed by atoms with Crippen LogP contribution in [0.25, 0.3) is 22.1 Å². The number of thioether (sulfide) groups is 1. The van der Waals surface area contributed by atoms with E-state index in [1.807, 2.05) is 30.3 Å². The van der Waals surface area contributed by atoms with Crippen LogP contribution >= 0.6 is 23.4 Å². The van der Waals surface area contributed by atoms with Crippen LogP contribution in [0.2, 0.25) is 5.02 Å². The fourth-order valence-electron chi connectivity index (χ4n) is 6.84. The van der Waals surface area contributed by atoms with E-state index in [0.29, 0.717) is 82.2 Å². The second-order valence-corrected chi connectivity index (χ2v) is 15.9. The molecule has 0 bridgehead atoms. The van der Waals surface area contributed by atoms with Crippen molar-refractivity contribution in [2.75, 3.05) is 67.6 Å². The van der Waals surface area contributed by atoms with Gasteiger partial charge in [-0.3, -0.25) is 4.79 Å². The van der Waals surface area contributed by atoms with Crippen LogP contribution in [0.5, 0.6) is 0 Å². The van der Waals surface area contributed by atoms with E-state index < -0.39 is 12.7 Å². The number of carbonyl (C=O) groups is 1. The number of nitrogens with one attached hydrogen (secondary N) is 5. The van der Waals surface area contributed by atoms with E-state index >= 15 is 0 Å². The van der Waals surface area contributed by atoms with Crippen molar-refractivity contribution in [1.29, 1.82) is 0 Å². The van der Waals surface area contributed by atoms with Crippen LogP contribution in [0.1, 0.15) is 47.8 Å². The maximum absolute atomic E-state index is 13.7. The molecule has 61 heavy (non-hydrogen) atoms. The molecule has 7 rings (SSSR count). The number of alkyl halides is 3. The normalized spacial score (nSPS) is 13.3. The Balaban J connectivity index is 0.865. The molecule has 0 unspecified atom stereocenters. The number of ether oxygens (including phenoxy) is 1. The van der Waals surface area contributed by atoms with Gasteiger partial charge in [-0.1, -0.05) is 59.6 Å². The Kier molecular flexibility index (Phi) is 14.9. The quantitative estimate of drug-likeness (QED) is 0.0254. The van der Waals surface area contributed by atoms with Gasteiger partial charge in [-0.25, -0.2) is 14.6 Å². The van der Waals surface area contributed by atoms with Gasteiger partial charge in [-0.2, -0.15) is 13.2 Å². The fourth-order valence-corrected chi connectivity index (χ4v) is 7.66. The van der Waals surface area contributed by atoms with Gasteiger partial charge in [0.1, 0.15) is 6.54 Å². The number of nitrogens with zero attached hydrogens (tertiary/aromatic N) is 6. The zero-order chi connectivity index (χ0) is 42.6. The Morgan fingerprint density at radius 2 is 1.80 bits per heavy atom. The number of hydrogen-bond donors (Lipinski definition) is 5. The number of fused-ring (bicyclic) bond motifs is 2. The van der Waals surface area contributed by atoms with Crippen molar-refractivity contribution in [2.45, 2.75) is 56.7 Å². The molecule has 4 heterocycles. The fraction of sp³-hybridized carbons (Fsp3) is 0.372. The van der Waals surface area contributed by atoms with Crippen LogP contribution in [-0.4, -0.2) is 99.3 Å². The molecular formula is C43H47ClF3N11O2S. The minimum atomic E-state index is -4.41. The molecule has 0 spiro atoms. The first-order valence-electron chi connectivity index (χ1n) is 20.2. The van der Waals surface area contributed by atoms with E-state index in [0.717, 1.165) is 49.4 Å². The average molecular weight is 874 g/mol. The number of halogens is 4. The van der Waals surface area contributed by atoms with Gasteiger partial charge in [0, 0.05) is 52.2 Å². The van der Waals surface area contributed by atoms with E-state index in [2.05, 4.69) is 60.6 Å². The summed E-state index contributed by atoms with van der Waals surface area (Å²) in [6, 6.07) is 21.8. The monoisotopic (exact) mass is 873 g/mol. The molecule has 13 nitrogen and oxygen atoms in total. The molecule has 0 aliphatic carbocycles. The van der Waals surface area contributed by atoms with Crippen molar-refractivity contribution in [1.82, 2.24) is 40.2 Å². The minimum Gasteiger partial charge on any atom is -0.382 e. The highest BCUT2D eigenvalue weighted by Crippen LogP contribution is 2.31. The predicted molar refractivity (Wildman–Crippen MR) is 236 cm³/mol. The van der Waals surface area contributed by atoms with Crippen molar-refractivity contribution in [3.8, 4) is 11.8 Å². The second-order valence-electron chi connectivity index (χ2n) is 14.4. The first-order chi connectivity index (χ1) is 29.6. The lowest BCUT2D eigenvalue weighted by Crippen LogP contribution is -2.35. The summed E-state index contributed by atoms with van der Waals surface area (Å²) in [6.45, 7) is 4.87. The zero-order valence-corrected chi connectivity index (χ0v) is 35.2. The molecule has 1 fully saturated rings. The van der Waals surface area contributed by atoms with Crippen LogP contribution in [0.3, 0.4) is 0 Å². The van der Waals surface area contributed by atoms with Gasteiger partial charge in [0.15, 0.2) is 22.1 Å². The standard InChI is InChI=1S/C43H47ClF3N11O2S/c1-2-25-61-42-53-39(38-40(54-42)58(56-55-38)27-29-8-12-31(44)13-9-29)50-21-23-60-24-22-51-41(59)30-10-14-32(15-11-30)49-18-4-5-34-26-35-36(52-33-16-19-48-20-17-33)6-3-7-37(35)57(34)28-43(45,46)47/h3,6-15,26,33,48-49,52H,2,16-25,27-28H2,1H3,(H,51,59)(H,50,53,54). The van der Waals surface area contributed by atoms with Crippen molar-refractivity contribution < 1.29 is 22.7 Å². The third-order valence-electron chi connectivity index (χ3n) is 9.82. The molecule has 0 atom stereocenters. The van der Waals surface area contributed by atoms with E-state index in [4.69, 9.17) is 21.3 Å². The van der Waals surface area contributed by atoms with Gasteiger partial charge < -0.3 is 35.9 Å². The highest BCUT2D eigenvalue weighted by molar-refractivity contribution is 7.99. The lowest BCUT2D eigenvalue weighted by Gasteiger charge is -2.25. The van der Waals surface area contributed by atoms with Crippen molar-refractivity contribution in [3.63, 3.8) is 0 Å². The van der Waals surface area contributed by atoms with Gasteiger partial charge in [0.25, 0.3) is 5.91 Å². The molecule has 0 radical (unpaired) electrons. The summed E-state index contributed by atoms with van der Waals surface area (Å²) >= 11 is 7.63. The zero-order valence-electron chi connectivity index (χ0n) is 33.6. The third kappa shape index (κ3) is 12.1. The van der Waals surface area contributed by atoms with Gasteiger partial charge >= 0.3 is 6.18 Å². The molecule has 0 saturated carbocycles. The molecule has 5 N–H and O–H groups in total. The number of amides is 1. The number of piperidine rings is 1. The number of aromatic nitrogens is 6. The largest absolute Gasteiger partial charge is 0.406 e. The van der Waals surface area contributed by atoms with E-state index in [-0.39, 0.29) is 24.2 Å². The lowest BCUT2D eigenvalue weighted by molar-refractivity contribution is -0.140. The summed E-state index contributed by atoms with van der Waals surface area (Å²) < 4.78 is 49.7. The SMILES string of the molecule is CCCSc1nc(NCCOCCNC(=O)c2ccc(NCC#Cc3cc4c(NC5CCNCC5)cccc4n3CC(F)(F)F)cc2)c2nnn(Cc3ccc(Cl)cc3)c2n1. The van der Waals surface area contributed by atoms with Gasteiger partial charge in [0.05, 0.1) is 37.5 Å². The number of benzene rings is 3. The third-order valence-corrected chi connectivity index (χ3v) is 11.1. The van der Waals surface area contributed by atoms with Crippen molar-refractivity contribution >= 4 is 68.5 Å². The van der Waals surface area contributed by atoms with Crippen LogP contribution < -0.4 is 26.6 Å². The smallest absolute Gasteiger partial charge is 0.382 e. The summed E-state index contributed by atoms with van der Waals surface area (Å²) in [5.41, 5.74) is 4.97. The van der Waals surface area contributed by atoms with Crippen LogP contribution in [0, 0.1) is 11.8 Å². The van der Waals surface area contributed by atoms with Gasteiger partial charge in [-0.15, -0.1) is 5.10 Å². The molecule has 1 aliphatic heterocycles. The summed E-state index contributed by atoms with van der Waals surface area (Å²) in [6.07, 6.45) is -1.55. The molecule has 320 valence electrons. The Bertz CT molecular complexity index is 2460. The predicted octanol–water partition coefficient (Wildman–Crippen LogP) is 7.43. The van der Waals surface area contributed by atoms with Gasteiger partial charge in [-0.05, 0) is 98.4 Å². The van der Waals surface area contributed by atoms with E-state index in [9.17, 15) is 18.0 Å². The Morgan fingerprint density at radius 3 is 2.57 bits per heavy atom. The van der Waals surface area contributed by atoms with Gasteiger partial charge in [0.2, 0.25) is 0 Å². The number of anilines is 3. The minimum absolute atomic E-state index is 0.191. The second kappa shape index (κ2) is 20.8. The maximum Gasteiger partial charge on any atom is 0.406 e. The average Bonchev–Trinajstić information content (AvgIpc) is 3.82. The molecule has 1 saturated heterocycles. The number of hydrogen-bond acceptors (Lipinski definition) is 11. The Morgan fingerprint density at radius 1 is 1.02 bits per heavy atom. The maximum atomic E-state index is 13.7. The Hall–Kier alpha value is -5.54. The van der Waals surface area contributed by atoms with E-state index in [1.165, 1.54) is 4.57 Å². The molecular weight excluding hydrogens is 827 g/mol. The molecule has 3 aromatic heterocycles. The lowest BCUT2D eigenvalue weighted by atomic mass is 10.1. The molecule has 1 aliphatic rings. The topological polar surface area (TPSA) is 148 Å². The summed E-state index contributed by atoms with van der Waals surface area (Å²) in [5, 5.41) is 26.9. The first-order valence-corrected chi connectivity index (χ1v) is 21.6. The Labute approximate surface area is 360 Å². The molecule has 18 heteroatoms.